The molecule has 218 valence electrons. The zero-order valence-corrected chi connectivity index (χ0v) is 21.8. The van der Waals surface area contributed by atoms with Crippen LogP contribution in [0.4, 0.5) is 0 Å². The van der Waals surface area contributed by atoms with Crippen LogP contribution < -0.4 is 10.6 Å². The fraction of sp³-hybridized carbons (Fsp3) is 0.462. The van der Waals surface area contributed by atoms with Crippen LogP contribution in [-0.4, -0.2) is 113 Å². The van der Waals surface area contributed by atoms with E-state index in [1.165, 1.54) is 12.8 Å². The quantitative estimate of drug-likeness (QED) is 0.180. The monoisotopic (exact) mass is 560 g/mol. The molecule has 0 aromatic carbocycles. The van der Waals surface area contributed by atoms with Gasteiger partial charge >= 0.3 is 11.9 Å². The van der Waals surface area contributed by atoms with E-state index in [4.69, 9.17) is 30.6 Å². The second-order valence-corrected chi connectivity index (χ2v) is 9.11. The summed E-state index contributed by atoms with van der Waals surface area (Å²) < 4.78 is 0. The molecule has 2 fully saturated rings. The van der Waals surface area contributed by atoms with E-state index in [9.17, 15) is 9.59 Å². The molecule has 0 radical (unpaired) electrons. The summed E-state index contributed by atoms with van der Waals surface area (Å²) in [7, 11) is 0. The van der Waals surface area contributed by atoms with Gasteiger partial charge in [-0.25, -0.2) is 29.5 Å². The van der Waals surface area contributed by atoms with Gasteiger partial charge in [-0.05, 0) is 37.8 Å². The molecule has 4 rings (SSSR count). The van der Waals surface area contributed by atoms with Crippen molar-refractivity contribution in [2.24, 2.45) is 11.8 Å². The average Bonchev–Trinajstić information content (AvgIpc) is 3.70. The highest BCUT2D eigenvalue weighted by Crippen LogP contribution is 2.12. The summed E-state index contributed by atoms with van der Waals surface area (Å²) in [5, 5.41) is 58.1. The lowest BCUT2D eigenvalue weighted by molar-refractivity contribution is -0.172. The number of hydrogen-bond acceptors (Lipinski definition) is 12. The number of rotatable bonds is 9. The molecular formula is C26H36N6O8. The molecule has 0 spiro atoms. The molecule has 14 nitrogen and oxygen atoms in total. The van der Waals surface area contributed by atoms with Gasteiger partial charge in [0.15, 0.2) is 12.2 Å². The minimum Gasteiger partial charge on any atom is -0.479 e. The standard InChI is InChI=1S/2C10H13N3.C6H10O8/c2*1(9-3-4-11-5-9)2-10-6-12-8-13-7-10;7-1(3(9)5(11)12)2(8)4(10)6(13)14/h2*1-2,6-9,11H,3-5H2;1-4,7-10H,(H,11,12)(H,13,14)/b2*2-1+;/t2*9-;1-,2+,3+,4-/m00./s1. The number of aliphatic carboxylic acids is 2. The highest BCUT2D eigenvalue weighted by atomic mass is 16.4. The third-order valence-electron chi connectivity index (χ3n) is 5.98. The van der Waals surface area contributed by atoms with Crippen LogP contribution in [0.2, 0.25) is 0 Å². The summed E-state index contributed by atoms with van der Waals surface area (Å²) >= 11 is 0. The predicted molar refractivity (Wildman–Crippen MR) is 143 cm³/mol. The number of aliphatic hydroxyl groups excluding tert-OH is 4. The Morgan fingerprint density at radius 2 is 1.05 bits per heavy atom. The SMILES string of the molecule is C(=C\[C@H]1CCNC1)/c1cncnc1.C(=C\[C@H]1CCNC1)/c1cncnc1.O=C(O)[C@@H](O)[C@H](O)[C@H](O)[C@@H](O)C(=O)O. The van der Waals surface area contributed by atoms with Crippen LogP contribution >= 0.6 is 0 Å². The van der Waals surface area contributed by atoms with Gasteiger partial charge in [0.25, 0.3) is 0 Å². The highest BCUT2D eigenvalue weighted by molar-refractivity contribution is 5.75. The van der Waals surface area contributed by atoms with E-state index in [1.807, 2.05) is 24.8 Å². The molecule has 4 heterocycles. The molecule has 0 amide bonds. The van der Waals surface area contributed by atoms with Gasteiger partial charge in [0.1, 0.15) is 24.9 Å². The largest absolute Gasteiger partial charge is 0.479 e. The smallest absolute Gasteiger partial charge is 0.335 e. The van der Waals surface area contributed by atoms with Crippen molar-refractivity contribution in [2.75, 3.05) is 26.2 Å². The zero-order valence-electron chi connectivity index (χ0n) is 21.8. The first-order valence-corrected chi connectivity index (χ1v) is 12.6. The number of nitrogens with zero attached hydrogens (tertiary/aromatic N) is 4. The van der Waals surface area contributed by atoms with E-state index in [0.717, 1.165) is 37.3 Å². The maximum absolute atomic E-state index is 10.1. The number of aromatic nitrogens is 4. The number of aliphatic hydroxyl groups is 4. The Morgan fingerprint density at radius 3 is 1.32 bits per heavy atom. The first kappa shape index (κ1) is 32.6. The first-order chi connectivity index (χ1) is 19.2. The molecular weight excluding hydrogens is 524 g/mol. The van der Waals surface area contributed by atoms with Gasteiger partial charge in [-0.15, -0.1) is 0 Å². The van der Waals surface area contributed by atoms with Crippen LogP contribution in [0.25, 0.3) is 12.2 Å². The van der Waals surface area contributed by atoms with E-state index < -0.39 is 36.4 Å². The van der Waals surface area contributed by atoms with Gasteiger partial charge in [-0.2, -0.15) is 0 Å². The Morgan fingerprint density at radius 1 is 0.700 bits per heavy atom. The lowest BCUT2D eigenvalue weighted by Gasteiger charge is -2.21. The fourth-order valence-corrected chi connectivity index (χ4v) is 3.64. The van der Waals surface area contributed by atoms with Gasteiger partial charge in [0.05, 0.1) is 0 Å². The van der Waals surface area contributed by atoms with Crippen LogP contribution in [0, 0.1) is 11.8 Å². The van der Waals surface area contributed by atoms with Crippen molar-refractivity contribution in [1.82, 2.24) is 30.6 Å². The summed E-state index contributed by atoms with van der Waals surface area (Å²) in [5.74, 6) is -2.32. The van der Waals surface area contributed by atoms with E-state index in [2.05, 4.69) is 54.9 Å². The lowest BCUT2D eigenvalue weighted by atomic mass is 10.0. The van der Waals surface area contributed by atoms with Crippen molar-refractivity contribution in [3.05, 3.63) is 60.7 Å². The summed E-state index contributed by atoms with van der Waals surface area (Å²) in [6.07, 6.45) is 12.3. The minimum absolute atomic E-state index is 0.681. The summed E-state index contributed by atoms with van der Waals surface area (Å²) in [6, 6.07) is 0. The van der Waals surface area contributed by atoms with E-state index in [1.54, 1.807) is 12.7 Å². The molecule has 0 saturated carbocycles. The molecule has 14 heteroatoms. The Bertz CT molecular complexity index is 978. The highest BCUT2D eigenvalue weighted by Gasteiger charge is 2.37. The molecule has 2 saturated heterocycles. The van der Waals surface area contributed by atoms with Crippen molar-refractivity contribution >= 4 is 24.1 Å². The van der Waals surface area contributed by atoms with Crippen molar-refractivity contribution in [1.29, 1.82) is 0 Å². The van der Waals surface area contributed by atoms with Crippen molar-refractivity contribution in [3.8, 4) is 0 Å². The lowest BCUT2D eigenvalue weighted by Crippen LogP contribution is -2.49. The number of carbonyl (C=O) groups is 2. The van der Waals surface area contributed by atoms with E-state index >= 15 is 0 Å². The second kappa shape index (κ2) is 17.8. The maximum atomic E-state index is 10.1. The van der Waals surface area contributed by atoms with Gasteiger partial charge in [0, 0.05) is 49.0 Å². The third kappa shape index (κ3) is 12.0. The number of nitrogens with one attached hydrogen (secondary N) is 2. The molecule has 0 bridgehead atoms. The topological polar surface area (TPSA) is 231 Å². The first-order valence-electron chi connectivity index (χ1n) is 12.6. The fourth-order valence-electron chi connectivity index (χ4n) is 3.64. The van der Waals surface area contributed by atoms with Gasteiger partial charge in [-0.1, -0.05) is 24.3 Å². The van der Waals surface area contributed by atoms with Crippen LogP contribution in [-0.2, 0) is 9.59 Å². The van der Waals surface area contributed by atoms with Crippen LogP contribution in [0.15, 0.2) is 49.6 Å². The molecule has 0 aliphatic carbocycles. The number of carboxylic acids is 2. The van der Waals surface area contributed by atoms with Gasteiger partial charge < -0.3 is 41.3 Å². The Kier molecular flexibility index (Phi) is 14.5. The molecule has 2 aromatic rings. The van der Waals surface area contributed by atoms with Crippen LogP contribution in [0.5, 0.6) is 0 Å². The van der Waals surface area contributed by atoms with Crippen LogP contribution in [0.1, 0.15) is 24.0 Å². The normalized spacial score (nSPS) is 21.5. The average molecular weight is 561 g/mol. The van der Waals surface area contributed by atoms with Crippen molar-refractivity contribution in [3.63, 3.8) is 0 Å². The summed E-state index contributed by atoms with van der Waals surface area (Å²) in [5.41, 5.74) is 2.16. The molecule has 0 unspecified atom stereocenters. The molecule has 8 N–H and O–H groups in total. The maximum Gasteiger partial charge on any atom is 0.335 e. The van der Waals surface area contributed by atoms with Gasteiger partial charge in [-0.3, -0.25) is 0 Å². The van der Waals surface area contributed by atoms with Gasteiger partial charge in [0.2, 0.25) is 0 Å². The second-order valence-electron chi connectivity index (χ2n) is 9.11. The Hall–Kier alpha value is -3.66. The van der Waals surface area contributed by atoms with Crippen LogP contribution in [0.3, 0.4) is 0 Å². The Balaban J connectivity index is 0.000000210. The van der Waals surface area contributed by atoms with Crippen molar-refractivity contribution in [2.45, 2.75) is 37.3 Å². The predicted octanol–water partition coefficient (Wildman–Crippen LogP) is -1.20. The van der Waals surface area contributed by atoms with Crippen molar-refractivity contribution < 1.29 is 40.2 Å². The molecule has 40 heavy (non-hydrogen) atoms. The summed E-state index contributed by atoms with van der Waals surface area (Å²) in [4.78, 5) is 36.0. The molecule has 2 aromatic heterocycles. The molecule has 2 aliphatic heterocycles. The summed E-state index contributed by atoms with van der Waals surface area (Å²) in [6.45, 7) is 4.48. The van der Waals surface area contributed by atoms with E-state index in [0.29, 0.717) is 11.8 Å². The zero-order chi connectivity index (χ0) is 29.3. The number of carboxylic acid groups (broad SMARTS) is 2. The minimum atomic E-state index is -2.36. The third-order valence-corrected chi connectivity index (χ3v) is 5.98. The van der Waals surface area contributed by atoms with E-state index in [-0.39, 0.29) is 0 Å². The molecule has 6 atom stereocenters. The number of hydrogen-bond donors (Lipinski definition) is 8. The molecule has 2 aliphatic rings. The Labute approximate surface area is 231 Å².